The third-order valence-electron chi connectivity index (χ3n) is 3.61. The zero-order valence-corrected chi connectivity index (χ0v) is 15.7. The lowest BCUT2D eigenvalue weighted by Crippen LogP contribution is -2.13. The minimum absolute atomic E-state index is 0.255. The lowest BCUT2D eigenvalue weighted by Gasteiger charge is -2.04. The molecule has 0 radical (unpaired) electrons. The van der Waals surface area contributed by atoms with Gasteiger partial charge in [0.1, 0.15) is 21.9 Å². The fourth-order valence-electron chi connectivity index (χ4n) is 2.37. The van der Waals surface area contributed by atoms with Crippen molar-refractivity contribution in [3.8, 4) is 11.3 Å². The summed E-state index contributed by atoms with van der Waals surface area (Å²) >= 11 is 7.24. The van der Waals surface area contributed by atoms with Crippen molar-refractivity contribution in [1.82, 2.24) is 10.1 Å². The number of aryl methyl sites for hydroxylation is 2. The molecule has 3 rings (SSSR count). The molecule has 3 aromatic rings. The summed E-state index contributed by atoms with van der Waals surface area (Å²) < 4.78 is 9.88. The maximum atomic E-state index is 12.8. The number of thiazole rings is 1. The number of hydrogen-bond donors (Lipinski definition) is 1. The van der Waals surface area contributed by atoms with E-state index in [9.17, 15) is 9.59 Å². The van der Waals surface area contributed by atoms with E-state index in [0.29, 0.717) is 32.6 Å². The van der Waals surface area contributed by atoms with Crippen LogP contribution in [0.25, 0.3) is 11.3 Å². The van der Waals surface area contributed by atoms with Crippen LogP contribution in [0.4, 0.5) is 5.13 Å². The average molecular weight is 392 g/mol. The van der Waals surface area contributed by atoms with Gasteiger partial charge in [0.05, 0.1) is 17.8 Å². The van der Waals surface area contributed by atoms with Crippen molar-refractivity contribution >= 4 is 39.9 Å². The van der Waals surface area contributed by atoms with Crippen LogP contribution in [0, 0.1) is 13.8 Å². The van der Waals surface area contributed by atoms with E-state index in [1.54, 1.807) is 38.1 Å². The topological polar surface area (TPSA) is 94.3 Å². The molecule has 9 heteroatoms. The van der Waals surface area contributed by atoms with Gasteiger partial charge in [0.2, 0.25) is 0 Å². The summed E-state index contributed by atoms with van der Waals surface area (Å²) in [6.07, 6.45) is 0. The number of amides is 1. The molecule has 0 spiro atoms. The third kappa shape index (κ3) is 3.33. The average Bonchev–Trinajstić information content (AvgIpc) is 3.17. The summed E-state index contributed by atoms with van der Waals surface area (Å²) in [5.41, 5.74) is 1.66. The first-order chi connectivity index (χ1) is 12.4. The van der Waals surface area contributed by atoms with E-state index >= 15 is 0 Å². The molecule has 0 atom stereocenters. The molecule has 0 bridgehead atoms. The highest BCUT2D eigenvalue weighted by atomic mass is 35.5. The van der Waals surface area contributed by atoms with Crippen molar-refractivity contribution < 1.29 is 18.8 Å². The van der Waals surface area contributed by atoms with Crippen molar-refractivity contribution in [2.75, 3.05) is 12.4 Å². The molecule has 0 aliphatic rings. The highest BCUT2D eigenvalue weighted by Gasteiger charge is 2.25. The SMILES string of the molecule is COC(=O)c1sc(NC(=O)c2c(-c3ccccc3Cl)noc2C)nc1C. The zero-order chi connectivity index (χ0) is 18.8. The molecular weight excluding hydrogens is 378 g/mol. The standard InChI is InChI=1S/C17H14ClN3O4S/c1-8-14(16(23)24-3)26-17(19-8)20-15(22)12-9(2)25-21-13(12)10-6-4-5-7-11(10)18/h4-7H,1-3H3,(H,19,20,22). The van der Waals surface area contributed by atoms with Crippen molar-refractivity contribution in [2.24, 2.45) is 0 Å². The minimum Gasteiger partial charge on any atom is -0.465 e. The van der Waals surface area contributed by atoms with E-state index in [4.69, 9.17) is 20.9 Å². The number of nitrogens with one attached hydrogen (secondary N) is 1. The van der Waals surface area contributed by atoms with Crippen molar-refractivity contribution in [3.63, 3.8) is 0 Å². The van der Waals surface area contributed by atoms with E-state index in [-0.39, 0.29) is 10.7 Å². The summed E-state index contributed by atoms with van der Waals surface area (Å²) in [5.74, 6) is -0.610. The molecule has 1 N–H and O–H groups in total. The molecule has 7 nitrogen and oxygen atoms in total. The Morgan fingerprint density at radius 3 is 2.69 bits per heavy atom. The van der Waals surface area contributed by atoms with Crippen molar-refractivity contribution in [1.29, 1.82) is 0 Å². The Balaban J connectivity index is 1.94. The number of carbonyl (C=O) groups excluding carboxylic acids is 2. The Labute approximate surface area is 157 Å². The number of rotatable bonds is 4. The first-order valence-electron chi connectivity index (χ1n) is 7.50. The number of hydrogen-bond acceptors (Lipinski definition) is 7. The van der Waals surface area contributed by atoms with Crippen LogP contribution < -0.4 is 5.32 Å². The van der Waals surface area contributed by atoms with Crippen molar-refractivity contribution in [2.45, 2.75) is 13.8 Å². The Morgan fingerprint density at radius 1 is 1.27 bits per heavy atom. The summed E-state index contributed by atoms with van der Waals surface area (Å²) in [6, 6.07) is 7.03. The Morgan fingerprint density at radius 2 is 2.00 bits per heavy atom. The second-order valence-corrected chi connectivity index (χ2v) is 6.73. The zero-order valence-electron chi connectivity index (χ0n) is 14.1. The number of benzene rings is 1. The van der Waals surface area contributed by atoms with Gasteiger partial charge in [-0.05, 0) is 19.9 Å². The second-order valence-electron chi connectivity index (χ2n) is 5.32. The van der Waals surface area contributed by atoms with Gasteiger partial charge >= 0.3 is 5.97 Å². The van der Waals surface area contributed by atoms with Crippen molar-refractivity contribution in [3.05, 3.63) is 51.2 Å². The highest BCUT2D eigenvalue weighted by Crippen LogP contribution is 2.32. The molecule has 0 unspecified atom stereocenters. The lowest BCUT2D eigenvalue weighted by atomic mass is 10.1. The maximum absolute atomic E-state index is 12.8. The minimum atomic E-state index is -0.501. The van der Waals surface area contributed by atoms with Gasteiger partial charge in [-0.3, -0.25) is 10.1 Å². The van der Waals surface area contributed by atoms with Crippen LogP contribution in [-0.4, -0.2) is 29.1 Å². The summed E-state index contributed by atoms with van der Waals surface area (Å²) in [5, 5.41) is 7.36. The molecular formula is C17H14ClN3O4S. The first kappa shape index (κ1) is 18.1. The predicted octanol–water partition coefficient (Wildman–Crippen LogP) is 4.11. The fraction of sp³-hybridized carbons (Fsp3) is 0.176. The van der Waals surface area contributed by atoms with Crippen LogP contribution in [-0.2, 0) is 4.74 Å². The highest BCUT2D eigenvalue weighted by molar-refractivity contribution is 7.17. The predicted molar refractivity (Wildman–Crippen MR) is 97.8 cm³/mol. The van der Waals surface area contributed by atoms with Gasteiger partial charge in [0.25, 0.3) is 5.91 Å². The van der Waals surface area contributed by atoms with Crippen LogP contribution in [0.15, 0.2) is 28.8 Å². The number of nitrogens with zero attached hydrogens (tertiary/aromatic N) is 2. The van der Waals surface area contributed by atoms with E-state index in [2.05, 4.69) is 15.5 Å². The van der Waals surface area contributed by atoms with Crippen LogP contribution in [0.2, 0.25) is 5.02 Å². The monoisotopic (exact) mass is 391 g/mol. The second kappa shape index (κ2) is 7.27. The van der Waals surface area contributed by atoms with Gasteiger partial charge in [0.15, 0.2) is 5.13 Å². The fourth-order valence-corrected chi connectivity index (χ4v) is 3.47. The summed E-state index contributed by atoms with van der Waals surface area (Å²) in [4.78, 5) is 29.0. The summed E-state index contributed by atoms with van der Waals surface area (Å²) in [7, 11) is 1.29. The van der Waals surface area contributed by atoms with Gasteiger partial charge < -0.3 is 9.26 Å². The molecule has 0 saturated carbocycles. The molecule has 0 saturated heterocycles. The molecule has 0 aliphatic heterocycles. The number of ether oxygens (including phenoxy) is 1. The summed E-state index contributed by atoms with van der Waals surface area (Å²) in [6.45, 7) is 3.30. The van der Waals surface area contributed by atoms with Gasteiger partial charge in [-0.25, -0.2) is 9.78 Å². The van der Waals surface area contributed by atoms with Gasteiger partial charge in [-0.15, -0.1) is 0 Å². The van der Waals surface area contributed by atoms with E-state index in [1.807, 2.05) is 0 Å². The third-order valence-corrected chi connectivity index (χ3v) is 4.99. The molecule has 0 aliphatic carbocycles. The van der Waals surface area contributed by atoms with Gasteiger partial charge in [0, 0.05) is 5.56 Å². The van der Waals surface area contributed by atoms with Crippen LogP contribution >= 0.6 is 22.9 Å². The number of methoxy groups -OCH3 is 1. The molecule has 0 fully saturated rings. The van der Waals surface area contributed by atoms with Gasteiger partial charge in [-0.2, -0.15) is 0 Å². The molecule has 2 heterocycles. The van der Waals surface area contributed by atoms with Crippen LogP contribution in [0.5, 0.6) is 0 Å². The molecule has 1 amide bonds. The Bertz CT molecular complexity index is 996. The molecule has 134 valence electrons. The quantitative estimate of drug-likeness (QED) is 0.672. The number of halogens is 1. The number of anilines is 1. The van der Waals surface area contributed by atoms with E-state index < -0.39 is 11.9 Å². The molecule has 2 aromatic heterocycles. The van der Waals surface area contributed by atoms with E-state index in [0.717, 1.165) is 11.3 Å². The molecule has 26 heavy (non-hydrogen) atoms. The van der Waals surface area contributed by atoms with Gasteiger partial charge in [-0.1, -0.05) is 46.3 Å². The normalized spacial score (nSPS) is 10.6. The maximum Gasteiger partial charge on any atom is 0.350 e. The largest absolute Gasteiger partial charge is 0.465 e. The van der Waals surface area contributed by atoms with E-state index in [1.165, 1.54) is 7.11 Å². The van der Waals surface area contributed by atoms with Crippen LogP contribution in [0.3, 0.4) is 0 Å². The lowest BCUT2D eigenvalue weighted by molar-refractivity contribution is 0.0605. The Kier molecular flexibility index (Phi) is 5.06. The number of carbonyl (C=O) groups is 2. The first-order valence-corrected chi connectivity index (χ1v) is 8.70. The molecule has 1 aromatic carbocycles. The smallest absolute Gasteiger partial charge is 0.350 e. The van der Waals surface area contributed by atoms with Crippen LogP contribution in [0.1, 0.15) is 31.5 Å². The Hall–Kier alpha value is -2.71. The number of esters is 1. The number of aromatic nitrogens is 2.